The van der Waals surface area contributed by atoms with Crippen LogP contribution in [0.15, 0.2) is 36.7 Å². The molecule has 0 saturated heterocycles. The van der Waals surface area contributed by atoms with Gasteiger partial charge in [0.05, 0.1) is 42.9 Å². The van der Waals surface area contributed by atoms with Crippen molar-refractivity contribution in [3.63, 3.8) is 0 Å². The van der Waals surface area contributed by atoms with E-state index in [1.54, 1.807) is 20.4 Å². The largest absolute Gasteiger partial charge is 0.494 e. The molecule has 1 aliphatic carbocycles. The SMILES string of the molecule is COc1c(Nc2cc(CC(=O)C3CC3)ncc2-c2ncc(F)s2)cccc1-c1nnn(C)n1. The molecule has 0 bridgehead atoms. The molecule has 5 rings (SSSR count). The van der Waals surface area contributed by atoms with Crippen molar-refractivity contribution in [3.05, 3.63) is 47.5 Å². The minimum absolute atomic E-state index is 0.146. The molecule has 3 heterocycles. The van der Waals surface area contributed by atoms with E-state index in [9.17, 15) is 9.18 Å². The van der Waals surface area contributed by atoms with Crippen LogP contribution < -0.4 is 10.1 Å². The van der Waals surface area contributed by atoms with Crippen molar-refractivity contribution in [2.45, 2.75) is 19.3 Å². The molecule has 0 aliphatic heterocycles. The molecule has 0 amide bonds. The molecule has 1 saturated carbocycles. The van der Waals surface area contributed by atoms with Crippen molar-refractivity contribution in [2.24, 2.45) is 13.0 Å². The van der Waals surface area contributed by atoms with Gasteiger partial charge in [-0.25, -0.2) is 4.98 Å². The molecule has 0 spiro atoms. The average molecular weight is 466 g/mol. The summed E-state index contributed by atoms with van der Waals surface area (Å²) in [5.41, 5.74) is 3.21. The third-order valence-corrected chi connectivity index (χ3v) is 6.11. The van der Waals surface area contributed by atoms with Crippen LogP contribution in [0.3, 0.4) is 0 Å². The Labute approximate surface area is 192 Å². The molecule has 0 atom stereocenters. The van der Waals surface area contributed by atoms with Gasteiger partial charge in [-0.3, -0.25) is 9.78 Å². The van der Waals surface area contributed by atoms with Crippen molar-refractivity contribution in [2.75, 3.05) is 12.4 Å². The Morgan fingerprint density at radius 3 is 2.76 bits per heavy atom. The number of thiazole rings is 1. The zero-order valence-corrected chi connectivity index (χ0v) is 18.8. The lowest BCUT2D eigenvalue weighted by atomic mass is 10.1. The Hall–Kier alpha value is -3.73. The number of carbonyl (C=O) groups is 1. The van der Waals surface area contributed by atoms with Crippen molar-refractivity contribution >= 4 is 28.5 Å². The number of aryl methyl sites for hydroxylation is 1. The van der Waals surface area contributed by atoms with Crippen LogP contribution in [-0.4, -0.2) is 43.1 Å². The molecule has 3 aromatic heterocycles. The number of aromatic nitrogens is 6. The molecule has 1 aromatic carbocycles. The Morgan fingerprint density at radius 2 is 2.09 bits per heavy atom. The number of Topliss-reactive ketones (excluding diaryl/α,β-unsaturated/α-hetero) is 1. The van der Waals surface area contributed by atoms with Gasteiger partial charge in [-0.2, -0.15) is 9.19 Å². The topological polar surface area (TPSA) is 108 Å². The van der Waals surface area contributed by atoms with E-state index in [-0.39, 0.29) is 18.1 Å². The van der Waals surface area contributed by atoms with Crippen LogP contribution in [0.4, 0.5) is 15.8 Å². The highest BCUT2D eigenvalue weighted by atomic mass is 32.1. The first-order chi connectivity index (χ1) is 16.0. The number of hydrogen-bond donors (Lipinski definition) is 1. The van der Waals surface area contributed by atoms with Gasteiger partial charge in [0.1, 0.15) is 10.8 Å². The number of ketones is 1. The molecule has 33 heavy (non-hydrogen) atoms. The summed E-state index contributed by atoms with van der Waals surface area (Å²) in [6.07, 6.45) is 4.94. The van der Waals surface area contributed by atoms with Crippen LogP contribution in [0.2, 0.25) is 0 Å². The number of hydrogen-bond acceptors (Lipinski definition) is 9. The average Bonchev–Trinajstić information content (AvgIpc) is 3.44. The maximum absolute atomic E-state index is 13.7. The summed E-state index contributed by atoms with van der Waals surface area (Å²) in [6, 6.07) is 7.34. The summed E-state index contributed by atoms with van der Waals surface area (Å²) in [5, 5.41) is 15.7. The number of tetrazole rings is 1. The van der Waals surface area contributed by atoms with E-state index in [1.165, 1.54) is 11.0 Å². The lowest BCUT2D eigenvalue weighted by molar-refractivity contribution is -0.119. The van der Waals surface area contributed by atoms with Crippen LogP contribution in [0.1, 0.15) is 18.5 Å². The number of carbonyl (C=O) groups excluding carboxylic acids is 1. The number of nitrogens with zero attached hydrogens (tertiary/aromatic N) is 6. The predicted octanol–water partition coefficient (Wildman–Crippen LogP) is 3.81. The minimum atomic E-state index is -0.391. The molecule has 1 N–H and O–H groups in total. The third-order valence-electron chi connectivity index (χ3n) is 5.29. The predicted molar refractivity (Wildman–Crippen MR) is 121 cm³/mol. The summed E-state index contributed by atoms with van der Waals surface area (Å²) >= 11 is 0.926. The molecule has 168 valence electrons. The van der Waals surface area contributed by atoms with Gasteiger partial charge >= 0.3 is 0 Å². The van der Waals surface area contributed by atoms with E-state index in [0.717, 1.165) is 24.2 Å². The molecule has 4 aromatic rings. The molecule has 9 nitrogen and oxygen atoms in total. The molecule has 1 fully saturated rings. The zero-order chi connectivity index (χ0) is 22.9. The highest BCUT2D eigenvalue weighted by molar-refractivity contribution is 7.13. The van der Waals surface area contributed by atoms with Gasteiger partial charge in [-0.05, 0) is 36.3 Å². The van der Waals surface area contributed by atoms with E-state index in [0.29, 0.717) is 44.8 Å². The van der Waals surface area contributed by atoms with Crippen molar-refractivity contribution in [1.82, 2.24) is 30.2 Å². The fourth-order valence-corrected chi connectivity index (χ4v) is 4.21. The van der Waals surface area contributed by atoms with Crippen molar-refractivity contribution in [1.29, 1.82) is 0 Å². The Kier molecular flexibility index (Phi) is 5.55. The Balaban J connectivity index is 1.55. The maximum Gasteiger partial charge on any atom is 0.208 e. The number of rotatable bonds is 8. The second-order valence-corrected chi connectivity index (χ2v) is 8.70. The second-order valence-electron chi connectivity index (χ2n) is 7.72. The summed E-state index contributed by atoms with van der Waals surface area (Å²) in [6.45, 7) is 0. The number of nitrogens with one attached hydrogen (secondary N) is 1. The van der Waals surface area contributed by atoms with Gasteiger partial charge in [-0.1, -0.05) is 17.4 Å². The molecule has 0 radical (unpaired) electrons. The summed E-state index contributed by atoms with van der Waals surface area (Å²) < 4.78 is 19.4. The highest BCUT2D eigenvalue weighted by Crippen LogP contribution is 2.39. The standard InChI is InChI=1S/C22H20FN7O2S/c1-30-28-21(27-29-30)14-4-3-5-16(20(14)32-2)26-17-8-13(9-18(31)12-6-7-12)24-10-15(17)22-25-11-19(23)33-22/h3-5,8,10-12H,6-7,9H2,1-2H3,(H,24,26). The first-order valence-electron chi connectivity index (χ1n) is 10.3. The molecule has 1 aliphatic rings. The van der Waals surface area contributed by atoms with Crippen LogP contribution in [0.25, 0.3) is 22.0 Å². The number of halogens is 1. The Bertz CT molecular complexity index is 1330. The number of anilines is 2. The lowest BCUT2D eigenvalue weighted by Gasteiger charge is -2.16. The van der Waals surface area contributed by atoms with E-state index in [1.807, 2.05) is 24.3 Å². The Morgan fingerprint density at radius 1 is 1.24 bits per heavy atom. The van der Waals surface area contributed by atoms with Gasteiger partial charge in [0.15, 0.2) is 10.9 Å². The van der Waals surface area contributed by atoms with Crippen molar-refractivity contribution in [3.8, 4) is 27.7 Å². The van der Waals surface area contributed by atoms with Gasteiger partial charge in [0, 0.05) is 24.2 Å². The normalized spacial score (nSPS) is 13.2. The lowest BCUT2D eigenvalue weighted by Crippen LogP contribution is -2.07. The van der Waals surface area contributed by atoms with Crippen LogP contribution in [0.5, 0.6) is 5.75 Å². The first-order valence-corrected chi connectivity index (χ1v) is 11.1. The monoisotopic (exact) mass is 465 g/mol. The second kappa shape index (κ2) is 8.66. The van der Waals surface area contributed by atoms with E-state index in [2.05, 4.69) is 30.7 Å². The number of pyridine rings is 1. The van der Waals surface area contributed by atoms with Crippen LogP contribution in [-0.2, 0) is 18.3 Å². The van der Waals surface area contributed by atoms with E-state index in [4.69, 9.17) is 4.74 Å². The summed E-state index contributed by atoms with van der Waals surface area (Å²) in [4.78, 5) is 22.3. The van der Waals surface area contributed by atoms with E-state index < -0.39 is 5.13 Å². The van der Waals surface area contributed by atoms with Crippen LogP contribution >= 0.6 is 11.3 Å². The molecule has 11 heteroatoms. The highest BCUT2D eigenvalue weighted by Gasteiger charge is 2.29. The number of benzene rings is 1. The van der Waals surface area contributed by atoms with Crippen molar-refractivity contribution < 1.29 is 13.9 Å². The van der Waals surface area contributed by atoms with Gasteiger partial charge in [-0.15, -0.1) is 10.2 Å². The van der Waals surface area contributed by atoms with Crippen LogP contribution in [0, 0.1) is 11.0 Å². The number of methoxy groups -OCH3 is 1. The summed E-state index contributed by atoms with van der Waals surface area (Å²) in [7, 11) is 3.25. The smallest absolute Gasteiger partial charge is 0.208 e. The number of para-hydroxylation sites is 1. The van der Waals surface area contributed by atoms with Gasteiger partial charge in [0.2, 0.25) is 5.82 Å². The fraction of sp³-hybridized carbons (Fsp3) is 0.273. The third kappa shape index (κ3) is 4.44. The quantitative estimate of drug-likeness (QED) is 0.419. The first kappa shape index (κ1) is 21.1. The molecular weight excluding hydrogens is 445 g/mol. The minimum Gasteiger partial charge on any atom is -0.494 e. The maximum atomic E-state index is 13.7. The van der Waals surface area contributed by atoms with Gasteiger partial charge < -0.3 is 10.1 Å². The molecular formula is C22H20FN7O2S. The van der Waals surface area contributed by atoms with E-state index >= 15 is 0 Å². The van der Waals surface area contributed by atoms with Gasteiger partial charge in [0.25, 0.3) is 0 Å². The summed E-state index contributed by atoms with van der Waals surface area (Å²) in [5.74, 6) is 1.28. The zero-order valence-electron chi connectivity index (χ0n) is 17.9. The number of ether oxygens (including phenoxy) is 1. The fourth-order valence-electron chi connectivity index (χ4n) is 3.54. The molecule has 0 unspecified atom stereocenters.